The molecule has 1 saturated heterocycles. The number of alkyl halides is 1. The molecule has 1 unspecified atom stereocenters. The highest BCUT2D eigenvalue weighted by Gasteiger charge is 2.39. The number of carbonyl (C=O) groups excluding carboxylic acids is 1. The number of aryl methyl sites for hydroxylation is 1. The summed E-state index contributed by atoms with van der Waals surface area (Å²) in [5.41, 5.74) is 1.42. The van der Waals surface area contributed by atoms with Gasteiger partial charge in [0.25, 0.3) is 0 Å². The zero-order valence-electron chi connectivity index (χ0n) is 18.2. The minimum atomic E-state index is -1.33. The number of hydrogen-bond donors (Lipinski definition) is 1. The minimum absolute atomic E-state index is 0.0682. The van der Waals surface area contributed by atoms with Crippen LogP contribution in [0.1, 0.15) is 31.1 Å². The van der Waals surface area contributed by atoms with Crippen LogP contribution in [0.25, 0.3) is 11.1 Å². The molecule has 3 heterocycles. The van der Waals surface area contributed by atoms with Crippen LogP contribution in [0.5, 0.6) is 0 Å². The first-order valence-corrected chi connectivity index (χ1v) is 10.4. The van der Waals surface area contributed by atoms with Crippen LogP contribution in [0.15, 0.2) is 42.7 Å². The van der Waals surface area contributed by atoms with Crippen LogP contribution in [0.4, 0.5) is 29.7 Å². The van der Waals surface area contributed by atoms with Crippen molar-refractivity contribution in [2.24, 2.45) is 0 Å². The summed E-state index contributed by atoms with van der Waals surface area (Å²) in [7, 11) is 0. The number of hydrogen-bond acceptors (Lipinski definition) is 6. The van der Waals surface area contributed by atoms with Gasteiger partial charge < -0.3 is 10.1 Å². The molecule has 3 aromatic rings. The van der Waals surface area contributed by atoms with Gasteiger partial charge in [-0.25, -0.2) is 22.9 Å². The smallest absolute Gasteiger partial charge is 0.416 e. The Kier molecular flexibility index (Phi) is 6.17. The second kappa shape index (κ2) is 9.05. The molecule has 1 aliphatic heterocycles. The van der Waals surface area contributed by atoms with Crippen molar-refractivity contribution in [3.8, 4) is 11.1 Å². The number of benzene rings is 1. The lowest BCUT2D eigenvalue weighted by atomic mass is 10.00. The monoisotopic (exact) mass is 457 g/mol. The summed E-state index contributed by atoms with van der Waals surface area (Å²) in [4.78, 5) is 25.6. The Morgan fingerprint density at radius 1 is 1.12 bits per heavy atom. The van der Waals surface area contributed by atoms with Crippen molar-refractivity contribution in [1.82, 2.24) is 15.0 Å². The molecular weight excluding hydrogens is 435 g/mol. The van der Waals surface area contributed by atoms with Crippen molar-refractivity contribution in [1.29, 1.82) is 0 Å². The molecule has 0 aliphatic carbocycles. The van der Waals surface area contributed by atoms with Crippen molar-refractivity contribution < 1.29 is 22.7 Å². The summed E-state index contributed by atoms with van der Waals surface area (Å²) in [6.45, 7) is 4.63. The summed E-state index contributed by atoms with van der Waals surface area (Å²) in [6, 6.07) is 5.48. The van der Waals surface area contributed by atoms with Crippen molar-refractivity contribution in [3.05, 3.63) is 65.6 Å². The van der Waals surface area contributed by atoms with Crippen molar-refractivity contribution in [2.75, 3.05) is 16.8 Å². The van der Waals surface area contributed by atoms with Crippen LogP contribution in [0.2, 0.25) is 0 Å². The lowest BCUT2D eigenvalue weighted by Gasteiger charge is -2.22. The largest absolute Gasteiger partial charge is 0.447 e. The number of cyclic esters (lactones) is 1. The number of carbonyl (C=O) groups is 1. The highest BCUT2D eigenvalue weighted by Crippen LogP contribution is 2.30. The van der Waals surface area contributed by atoms with Crippen molar-refractivity contribution in [3.63, 3.8) is 0 Å². The maximum absolute atomic E-state index is 14.9. The van der Waals surface area contributed by atoms with Crippen LogP contribution >= 0.6 is 0 Å². The molecule has 4 rings (SSSR count). The number of halogens is 3. The lowest BCUT2D eigenvalue weighted by Crippen LogP contribution is -2.39. The van der Waals surface area contributed by atoms with Gasteiger partial charge in [-0.1, -0.05) is 0 Å². The molecule has 0 saturated carbocycles. The summed E-state index contributed by atoms with van der Waals surface area (Å²) < 4.78 is 48.6. The van der Waals surface area contributed by atoms with Gasteiger partial charge in [-0.2, -0.15) is 4.98 Å². The maximum atomic E-state index is 14.9. The third-order valence-corrected chi connectivity index (χ3v) is 5.43. The SMILES string of the molecule is Cc1cc(-c2cc(F)c([C@H](C)Nc3nccc(N4C(=O)OCC4[C@H](C)F)n3)cc2F)ccn1. The van der Waals surface area contributed by atoms with E-state index in [9.17, 15) is 18.0 Å². The number of rotatable bonds is 6. The van der Waals surface area contributed by atoms with Gasteiger partial charge in [0.05, 0.1) is 6.04 Å². The number of amides is 1. The number of nitrogens with zero attached hydrogens (tertiary/aromatic N) is 4. The Morgan fingerprint density at radius 3 is 2.61 bits per heavy atom. The minimum Gasteiger partial charge on any atom is -0.447 e. The van der Waals surface area contributed by atoms with E-state index in [0.717, 1.165) is 17.0 Å². The highest BCUT2D eigenvalue weighted by molar-refractivity contribution is 5.89. The maximum Gasteiger partial charge on any atom is 0.416 e. The van der Waals surface area contributed by atoms with E-state index in [-0.39, 0.29) is 29.5 Å². The number of aromatic nitrogens is 3. The fourth-order valence-corrected chi connectivity index (χ4v) is 3.69. The Hall–Kier alpha value is -3.69. The van der Waals surface area contributed by atoms with E-state index in [1.54, 1.807) is 26.0 Å². The zero-order chi connectivity index (χ0) is 23.7. The molecule has 1 N–H and O–H groups in total. The molecule has 0 radical (unpaired) electrons. The predicted molar refractivity (Wildman–Crippen MR) is 117 cm³/mol. The zero-order valence-corrected chi connectivity index (χ0v) is 18.2. The summed E-state index contributed by atoms with van der Waals surface area (Å²) in [5, 5.41) is 2.91. The van der Waals surface area contributed by atoms with Crippen molar-refractivity contribution >= 4 is 17.9 Å². The van der Waals surface area contributed by atoms with Crippen LogP contribution in [0.3, 0.4) is 0 Å². The van der Waals surface area contributed by atoms with Gasteiger partial charge in [-0.3, -0.25) is 9.88 Å². The van der Waals surface area contributed by atoms with Crippen LogP contribution in [-0.2, 0) is 4.74 Å². The van der Waals surface area contributed by atoms with Gasteiger partial charge in [0.2, 0.25) is 5.95 Å². The average molecular weight is 457 g/mol. The van der Waals surface area contributed by atoms with Crippen LogP contribution in [-0.4, -0.2) is 39.9 Å². The van der Waals surface area contributed by atoms with E-state index in [1.165, 1.54) is 25.4 Å². The molecule has 0 spiro atoms. The second-order valence-corrected chi connectivity index (χ2v) is 7.84. The highest BCUT2D eigenvalue weighted by atomic mass is 19.1. The number of pyridine rings is 1. The standard InChI is InChI=1S/C23H22F3N5O2/c1-12-8-15(4-6-27-12)17-10-18(25)16(9-19(17)26)14(3)29-22-28-7-5-21(30-22)31-20(13(2)24)11-33-23(31)32/h4-10,13-14,20H,11H2,1-3H3,(H,28,29,30)/t13-,14-,20?/m0/s1. The van der Waals surface area contributed by atoms with E-state index in [0.29, 0.717) is 11.3 Å². The topological polar surface area (TPSA) is 80.2 Å². The average Bonchev–Trinajstić information content (AvgIpc) is 3.17. The first-order chi connectivity index (χ1) is 15.7. The third kappa shape index (κ3) is 4.59. The van der Waals surface area contributed by atoms with E-state index in [4.69, 9.17) is 4.74 Å². The molecule has 172 valence electrons. The number of ether oxygens (including phenoxy) is 1. The molecule has 7 nitrogen and oxygen atoms in total. The molecule has 1 fully saturated rings. The number of anilines is 2. The van der Waals surface area contributed by atoms with E-state index in [1.807, 2.05) is 0 Å². The Bertz CT molecular complexity index is 1190. The van der Waals surface area contributed by atoms with Gasteiger partial charge in [-0.15, -0.1) is 0 Å². The second-order valence-electron chi connectivity index (χ2n) is 7.84. The molecule has 10 heteroatoms. The Balaban J connectivity index is 1.58. The molecule has 0 bridgehead atoms. The van der Waals surface area contributed by atoms with Gasteiger partial charge in [0.15, 0.2) is 0 Å². The Labute approximate surface area is 188 Å². The van der Waals surface area contributed by atoms with E-state index >= 15 is 0 Å². The van der Waals surface area contributed by atoms with E-state index in [2.05, 4.69) is 20.3 Å². The predicted octanol–water partition coefficient (Wildman–Crippen LogP) is 4.98. The van der Waals surface area contributed by atoms with Crippen molar-refractivity contribution in [2.45, 2.75) is 39.0 Å². The van der Waals surface area contributed by atoms with Gasteiger partial charge in [-0.05, 0) is 56.7 Å². The van der Waals surface area contributed by atoms with E-state index < -0.39 is 36.0 Å². The lowest BCUT2D eigenvalue weighted by molar-refractivity contribution is 0.174. The quantitative estimate of drug-likeness (QED) is 0.562. The number of nitrogens with one attached hydrogen (secondary N) is 1. The molecular formula is C23H22F3N5O2. The fraction of sp³-hybridized carbons (Fsp3) is 0.304. The Morgan fingerprint density at radius 2 is 1.88 bits per heavy atom. The first-order valence-electron chi connectivity index (χ1n) is 10.4. The third-order valence-electron chi connectivity index (χ3n) is 5.43. The fourth-order valence-electron chi connectivity index (χ4n) is 3.69. The van der Waals surface area contributed by atoms with Crippen LogP contribution in [0, 0.1) is 18.6 Å². The molecule has 1 amide bonds. The van der Waals surface area contributed by atoms with Gasteiger partial charge in [0, 0.05) is 29.2 Å². The van der Waals surface area contributed by atoms with Gasteiger partial charge in [0.1, 0.15) is 36.3 Å². The van der Waals surface area contributed by atoms with Crippen LogP contribution < -0.4 is 10.2 Å². The summed E-state index contributed by atoms with van der Waals surface area (Å²) >= 11 is 0. The molecule has 33 heavy (non-hydrogen) atoms. The summed E-state index contributed by atoms with van der Waals surface area (Å²) in [6.07, 6.45) is 0.877. The van der Waals surface area contributed by atoms with Gasteiger partial charge >= 0.3 is 6.09 Å². The molecule has 2 aromatic heterocycles. The molecule has 1 aromatic carbocycles. The first kappa shape index (κ1) is 22.5. The molecule has 3 atom stereocenters. The molecule has 1 aliphatic rings. The summed E-state index contributed by atoms with van der Waals surface area (Å²) in [5.74, 6) is -0.975. The normalized spacial score (nSPS) is 17.6.